The van der Waals surface area contributed by atoms with Gasteiger partial charge in [0, 0.05) is 32.6 Å². The van der Waals surface area contributed by atoms with E-state index in [9.17, 15) is 9.59 Å². The lowest BCUT2D eigenvalue weighted by Crippen LogP contribution is -2.26. The Morgan fingerprint density at radius 1 is 1.04 bits per heavy atom. The molecule has 4 heteroatoms. The summed E-state index contributed by atoms with van der Waals surface area (Å²) in [4.78, 5) is 25.7. The predicted molar refractivity (Wildman–Crippen MR) is 101 cm³/mol. The Hall–Kier alpha value is -2.62. The summed E-state index contributed by atoms with van der Waals surface area (Å²) >= 11 is 0. The van der Waals surface area contributed by atoms with Crippen molar-refractivity contribution in [1.29, 1.82) is 0 Å². The summed E-state index contributed by atoms with van der Waals surface area (Å²) in [5.74, 6) is 0.0137. The lowest BCUT2D eigenvalue weighted by molar-refractivity contribution is -0.130. The molecule has 0 saturated carbocycles. The standard InChI is InChI=1S/C21H26N2O2/c1-15-5-8-18(16(2)13-15)11-12-20(24)23(4)14-17-6-9-19(10-7-17)21(25)22-3/h5-10,13H,11-12,14H2,1-4H3,(H,22,25). The summed E-state index contributed by atoms with van der Waals surface area (Å²) in [6.07, 6.45) is 1.25. The van der Waals surface area contributed by atoms with Gasteiger partial charge in [0.2, 0.25) is 5.91 Å². The van der Waals surface area contributed by atoms with Gasteiger partial charge in [-0.25, -0.2) is 0 Å². The molecule has 0 aliphatic carbocycles. The Bertz CT molecular complexity index is 751. The first kappa shape index (κ1) is 18.7. The molecule has 0 aliphatic heterocycles. The molecule has 25 heavy (non-hydrogen) atoms. The van der Waals surface area contributed by atoms with Gasteiger partial charge in [-0.05, 0) is 49.1 Å². The Morgan fingerprint density at radius 2 is 1.72 bits per heavy atom. The van der Waals surface area contributed by atoms with Crippen LogP contribution in [-0.2, 0) is 17.8 Å². The number of aryl methyl sites for hydroxylation is 3. The SMILES string of the molecule is CNC(=O)c1ccc(CN(C)C(=O)CCc2ccc(C)cc2C)cc1. The third-order valence-corrected chi connectivity index (χ3v) is 4.39. The van der Waals surface area contributed by atoms with Crippen molar-refractivity contribution in [3.05, 3.63) is 70.3 Å². The molecular formula is C21H26N2O2. The molecule has 0 saturated heterocycles. The summed E-state index contributed by atoms with van der Waals surface area (Å²) in [5.41, 5.74) is 5.33. The minimum atomic E-state index is -0.107. The number of carbonyl (C=O) groups excluding carboxylic acids is 2. The molecule has 0 aromatic heterocycles. The molecule has 2 amide bonds. The zero-order valence-electron chi connectivity index (χ0n) is 15.4. The Labute approximate surface area is 149 Å². The van der Waals surface area contributed by atoms with E-state index < -0.39 is 0 Å². The Balaban J connectivity index is 1.90. The molecule has 0 unspecified atom stereocenters. The van der Waals surface area contributed by atoms with Crippen molar-refractivity contribution in [1.82, 2.24) is 10.2 Å². The van der Waals surface area contributed by atoms with E-state index in [4.69, 9.17) is 0 Å². The predicted octanol–water partition coefficient (Wildman–Crippen LogP) is 3.25. The topological polar surface area (TPSA) is 49.4 Å². The maximum absolute atomic E-state index is 12.4. The molecule has 132 valence electrons. The lowest BCUT2D eigenvalue weighted by atomic mass is 10.0. The second kappa shape index (κ2) is 8.47. The van der Waals surface area contributed by atoms with Gasteiger partial charge in [-0.3, -0.25) is 9.59 Å². The zero-order chi connectivity index (χ0) is 18.4. The molecule has 2 rings (SSSR count). The molecule has 2 aromatic rings. The molecule has 0 radical (unpaired) electrons. The van der Waals surface area contributed by atoms with Crippen molar-refractivity contribution in [2.75, 3.05) is 14.1 Å². The van der Waals surface area contributed by atoms with E-state index in [1.807, 2.05) is 19.2 Å². The van der Waals surface area contributed by atoms with Crippen LogP contribution in [-0.4, -0.2) is 30.8 Å². The molecule has 0 aliphatic rings. The number of benzene rings is 2. The summed E-state index contributed by atoms with van der Waals surface area (Å²) < 4.78 is 0. The molecule has 0 fully saturated rings. The van der Waals surface area contributed by atoms with Gasteiger partial charge >= 0.3 is 0 Å². The number of carbonyl (C=O) groups is 2. The van der Waals surface area contributed by atoms with Crippen LogP contribution in [0.15, 0.2) is 42.5 Å². The van der Waals surface area contributed by atoms with Crippen LogP contribution < -0.4 is 5.32 Å². The van der Waals surface area contributed by atoms with Crippen LogP contribution >= 0.6 is 0 Å². The van der Waals surface area contributed by atoms with Crippen LogP contribution in [0.4, 0.5) is 0 Å². The Morgan fingerprint density at radius 3 is 2.32 bits per heavy atom. The van der Waals surface area contributed by atoms with Gasteiger partial charge in [-0.2, -0.15) is 0 Å². The maximum atomic E-state index is 12.4. The molecule has 2 aromatic carbocycles. The third kappa shape index (κ3) is 5.18. The first-order valence-corrected chi connectivity index (χ1v) is 8.52. The second-order valence-electron chi connectivity index (χ2n) is 6.46. The van der Waals surface area contributed by atoms with Crippen LogP contribution in [0.5, 0.6) is 0 Å². The van der Waals surface area contributed by atoms with Gasteiger partial charge < -0.3 is 10.2 Å². The smallest absolute Gasteiger partial charge is 0.251 e. The Kier molecular flexibility index (Phi) is 6.34. The fourth-order valence-electron chi connectivity index (χ4n) is 2.83. The quantitative estimate of drug-likeness (QED) is 0.879. The van der Waals surface area contributed by atoms with Crippen molar-refractivity contribution < 1.29 is 9.59 Å². The normalized spacial score (nSPS) is 10.4. The molecular weight excluding hydrogens is 312 g/mol. The highest BCUT2D eigenvalue weighted by atomic mass is 16.2. The lowest BCUT2D eigenvalue weighted by Gasteiger charge is -2.18. The number of nitrogens with one attached hydrogen (secondary N) is 1. The first-order chi connectivity index (χ1) is 11.9. The van der Waals surface area contributed by atoms with Gasteiger partial charge in [0.25, 0.3) is 5.91 Å². The van der Waals surface area contributed by atoms with Gasteiger partial charge in [0.1, 0.15) is 0 Å². The van der Waals surface area contributed by atoms with Crippen molar-refractivity contribution >= 4 is 11.8 Å². The largest absolute Gasteiger partial charge is 0.355 e. The number of hydrogen-bond acceptors (Lipinski definition) is 2. The summed E-state index contributed by atoms with van der Waals surface area (Å²) in [6, 6.07) is 13.7. The molecule has 0 heterocycles. The van der Waals surface area contributed by atoms with Gasteiger partial charge in [0.05, 0.1) is 0 Å². The minimum Gasteiger partial charge on any atom is -0.355 e. The van der Waals surface area contributed by atoms with E-state index in [0.717, 1.165) is 12.0 Å². The van der Waals surface area contributed by atoms with Crippen molar-refractivity contribution in [2.45, 2.75) is 33.2 Å². The fraction of sp³-hybridized carbons (Fsp3) is 0.333. The van der Waals surface area contributed by atoms with E-state index in [1.54, 1.807) is 24.1 Å². The average Bonchev–Trinajstić information content (AvgIpc) is 2.60. The number of amides is 2. The van der Waals surface area contributed by atoms with Crippen LogP contribution in [0.2, 0.25) is 0 Å². The molecule has 0 atom stereocenters. The highest BCUT2D eigenvalue weighted by Crippen LogP contribution is 2.14. The van der Waals surface area contributed by atoms with E-state index in [2.05, 4.69) is 37.4 Å². The van der Waals surface area contributed by atoms with Crippen molar-refractivity contribution in [2.24, 2.45) is 0 Å². The van der Waals surface area contributed by atoms with Crippen LogP contribution in [0.3, 0.4) is 0 Å². The zero-order valence-corrected chi connectivity index (χ0v) is 15.4. The molecule has 4 nitrogen and oxygen atoms in total. The van der Waals surface area contributed by atoms with E-state index in [1.165, 1.54) is 16.7 Å². The second-order valence-corrected chi connectivity index (χ2v) is 6.46. The van der Waals surface area contributed by atoms with Crippen LogP contribution in [0.25, 0.3) is 0 Å². The monoisotopic (exact) mass is 338 g/mol. The molecule has 0 bridgehead atoms. The third-order valence-electron chi connectivity index (χ3n) is 4.39. The fourth-order valence-corrected chi connectivity index (χ4v) is 2.83. The highest BCUT2D eigenvalue weighted by molar-refractivity contribution is 5.93. The van der Waals surface area contributed by atoms with Crippen LogP contribution in [0, 0.1) is 13.8 Å². The summed E-state index contributed by atoms with van der Waals surface area (Å²) in [6.45, 7) is 4.70. The first-order valence-electron chi connectivity index (χ1n) is 8.52. The van der Waals surface area contributed by atoms with E-state index >= 15 is 0 Å². The number of rotatable bonds is 6. The van der Waals surface area contributed by atoms with Crippen molar-refractivity contribution in [3.8, 4) is 0 Å². The number of hydrogen-bond donors (Lipinski definition) is 1. The minimum absolute atomic E-state index is 0.107. The van der Waals surface area contributed by atoms with Gasteiger partial charge in [-0.1, -0.05) is 35.9 Å². The van der Waals surface area contributed by atoms with Gasteiger partial charge in [0.15, 0.2) is 0 Å². The highest BCUT2D eigenvalue weighted by Gasteiger charge is 2.11. The van der Waals surface area contributed by atoms with Crippen molar-refractivity contribution in [3.63, 3.8) is 0 Å². The van der Waals surface area contributed by atoms with Gasteiger partial charge in [-0.15, -0.1) is 0 Å². The van der Waals surface area contributed by atoms with Crippen LogP contribution in [0.1, 0.15) is 39.0 Å². The number of nitrogens with zero attached hydrogens (tertiary/aromatic N) is 1. The summed E-state index contributed by atoms with van der Waals surface area (Å²) in [5, 5.41) is 2.60. The molecule has 0 spiro atoms. The maximum Gasteiger partial charge on any atom is 0.251 e. The van der Waals surface area contributed by atoms with E-state index in [0.29, 0.717) is 18.5 Å². The van der Waals surface area contributed by atoms with E-state index in [-0.39, 0.29) is 11.8 Å². The summed E-state index contributed by atoms with van der Waals surface area (Å²) in [7, 11) is 3.43. The average molecular weight is 338 g/mol. The molecule has 1 N–H and O–H groups in total.